The Labute approximate surface area is 164 Å². The van der Waals surface area contributed by atoms with E-state index in [0.29, 0.717) is 22.0 Å². The molecule has 142 valence electrons. The third kappa shape index (κ3) is 5.23. The van der Waals surface area contributed by atoms with Crippen LogP contribution in [0.2, 0.25) is 5.02 Å². The van der Waals surface area contributed by atoms with Gasteiger partial charge in [-0.1, -0.05) is 48.7 Å². The molecule has 2 aromatic carbocycles. The number of carbonyl (C=O) groups excluding carboxylic acids is 2. The van der Waals surface area contributed by atoms with E-state index in [1.807, 2.05) is 4.90 Å². The predicted molar refractivity (Wildman–Crippen MR) is 106 cm³/mol. The Morgan fingerprint density at radius 3 is 2.37 bits per heavy atom. The van der Waals surface area contributed by atoms with Gasteiger partial charge >= 0.3 is 0 Å². The van der Waals surface area contributed by atoms with Crippen molar-refractivity contribution in [2.24, 2.45) is 0 Å². The van der Waals surface area contributed by atoms with E-state index in [1.54, 1.807) is 48.5 Å². The van der Waals surface area contributed by atoms with E-state index in [1.165, 1.54) is 0 Å². The van der Waals surface area contributed by atoms with Crippen molar-refractivity contribution in [3.63, 3.8) is 0 Å². The number of rotatable bonds is 5. The van der Waals surface area contributed by atoms with Crippen LogP contribution in [0.5, 0.6) is 5.75 Å². The van der Waals surface area contributed by atoms with Gasteiger partial charge in [-0.05, 0) is 37.1 Å². The van der Waals surface area contributed by atoms with Crippen LogP contribution in [0.25, 0.3) is 0 Å². The summed E-state index contributed by atoms with van der Waals surface area (Å²) in [6.07, 6.45) is 4.39. The zero-order valence-electron chi connectivity index (χ0n) is 15.1. The van der Waals surface area contributed by atoms with E-state index in [9.17, 15) is 9.59 Å². The summed E-state index contributed by atoms with van der Waals surface area (Å²) < 4.78 is 5.70. The largest absolute Gasteiger partial charge is 0.483 e. The van der Waals surface area contributed by atoms with Crippen LogP contribution >= 0.6 is 11.6 Å². The first-order chi connectivity index (χ1) is 13.1. The number of benzene rings is 2. The van der Waals surface area contributed by atoms with Crippen molar-refractivity contribution in [2.75, 3.05) is 25.0 Å². The fourth-order valence-corrected chi connectivity index (χ4v) is 3.27. The van der Waals surface area contributed by atoms with Gasteiger partial charge in [0.1, 0.15) is 5.75 Å². The summed E-state index contributed by atoms with van der Waals surface area (Å²) >= 11 is 6.10. The van der Waals surface area contributed by atoms with E-state index in [0.717, 1.165) is 38.8 Å². The summed E-state index contributed by atoms with van der Waals surface area (Å²) in [5, 5.41) is 3.24. The number of ether oxygens (including phenoxy) is 1. The van der Waals surface area contributed by atoms with Crippen molar-refractivity contribution in [1.82, 2.24) is 4.90 Å². The van der Waals surface area contributed by atoms with Crippen molar-refractivity contribution in [2.45, 2.75) is 25.7 Å². The van der Waals surface area contributed by atoms with Crippen LogP contribution in [-0.2, 0) is 4.79 Å². The maximum absolute atomic E-state index is 12.6. The summed E-state index contributed by atoms with van der Waals surface area (Å²) in [5.41, 5.74) is 0.890. The highest BCUT2D eigenvalue weighted by molar-refractivity contribution is 6.33. The number of amides is 2. The van der Waals surface area contributed by atoms with Crippen LogP contribution in [0, 0.1) is 0 Å². The number of likely N-dealkylation sites (tertiary alicyclic amines) is 1. The molecular weight excluding hydrogens is 364 g/mol. The zero-order chi connectivity index (χ0) is 19.1. The summed E-state index contributed by atoms with van der Waals surface area (Å²) in [7, 11) is 0. The van der Waals surface area contributed by atoms with Crippen LogP contribution in [0.3, 0.4) is 0 Å². The molecule has 1 heterocycles. The molecule has 0 radical (unpaired) electrons. The molecule has 0 spiro atoms. The Balaban J connectivity index is 1.65. The molecule has 0 aliphatic carbocycles. The standard InChI is InChI=1S/C21H23ClN2O3/c22-17-10-4-5-11-18(17)23-21(26)16-9-3-6-12-19(16)27-15-20(25)24-13-7-1-2-8-14-24/h3-6,9-12H,1-2,7-8,13-15H2,(H,23,26). The first-order valence-corrected chi connectivity index (χ1v) is 9.58. The van der Waals surface area contributed by atoms with Crippen LogP contribution in [0.1, 0.15) is 36.0 Å². The highest BCUT2D eigenvalue weighted by atomic mass is 35.5. The van der Waals surface area contributed by atoms with Crippen LogP contribution in [-0.4, -0.2) is 36.4 Å². The highest BCUT2D eigenvalue weighted by Crippen LogP contribution is 2.24. The quantitative estimate of drug-likeness (QED) is 0.829. The highest BCUT2D eigenvalue weighted by Gasteiger charge is 2.18. The Morgan fingerprint density at radius 2 is 1.63 bits per heavy atom. The molecule has 1 saturated heterocycles. The van der Waals surface area contributed by atoms with Gasteiger partial charge in [-0.2, -0.15) is 0 Å². The molecule has 0 aromatic heterocycles. The molecule has 1 aliphatic heterocycles. The van der Waals surface area contributed by atoms with Crippen LogP contribution < -0.4 is 10.1 Å². The average Bonchev–Trinajstić information content (AvgIpc) is 2.97. The summed E-state index contributed by atoms with van der Waals surface area (Å²) in [5.74, 6) is 0.00404. The number of nitrogens with one attached hydrogen (secondary N) is 1. The van der Waals surface area contributed by atoms with Gasteiger partial charge in [-0.25, -0.2) is 0 Å². The third-order valence-corrected chi connectivity index (χ3v) is 4.89. The fraction of sp³-hybridized carbons (Fsp3) is 0.333. The Kier molecular flexibility index (Phi) is 6.71. The fourth-order valence-electron chi connectivity index (χ4n) is 3.08. The smallest absolute Gasteiger partial charge is 0.260 e. The number of nitrogens with zero attached hydrogens (tertiary/aromatic N) is 1. The molecule has 1 aliphatic rings. The lowest BCUT2D eigenvalue weighted by Gasteiger charge is -2.20. The minimum atomic E-state index is -0.332. The minimum Gasteiger partial charge on any atom is -0.483 e. The molecule has 5 nitrogen and oxygen atoms in total. The molecular formula is C21H23ClN2O3. The van der Waals surface area contributed by atoms with E-state index in [4.69, 9.17) is 16.3 Å². The van der Waals surface area contributed by atoms with E-state index >= 15 is 0 Å². The lowest BCUT2D eigenvalue weighted by atomic mass is 10.2. The van der Waals surface area contributed by atoms with Gasteiger partial charge in [0.05, 0.1) is 16.3 Å². The third-order valence-electron chi connectivity index (χ3n) is 4.56. The van der Waals surface area contributed by atoms with Gasteiger partial charge < -0.3 is 15.0 Å². The maximum Gasteiger partial charge on any atom is 0.260 e. The van der Waals surface area contributed by atoms with Crippen molar-refractivity contribution >= 4 is 29.1 Å². The van der Waals surface area contributed by atoms with E-state index < -0.39 is 0 Å². The first kappa shape index (κ1) is 19.2. The van der Waals surface area contributed by atoms with E-state index in [2.05, 4.69) is 5.32 Å². The summed E-state index contributed by atoms with van der Waals surface area (Å²) in [6.45, 7) is 1.48. The number of anilines is 1. The Bertz CT molecular complexity index is 802. The maximum atomic E-state index is 12.6. The number of halogens is 1. The van der Waals surface area contributed by atoms with Crippen molar-refractivity contribution in [1.29, 1.82) is 0 Å². The van der Waals surface area contributed by atoms with Gasteiger partial charge in [0.15, 0.2) is 6.61 Å². The Hall–Kier alpha value is -2.53. The lowest BCUT2D eigenvalue weighted by Crippen LogP contribution is -2.35. The predicted octanol–water partition coefficient (Wildman–Crippen LogP) is 4.37. The molecule has 2 aromatic rings. The summed E-state index contributed by atoms with van der Waals surface area (Å²) in [6, 6.07) is 13.9. The van der Waals surface area contributed by atoms with Crippen molar-refractivity contribution in [3.05, 3.63) is 59.1 Å². The van der Waals surface area contributed by atoms with Crippen molar-refractivity contribution < 1.29 is 14.3 Å². The number of hydrogen-bond acceptors (Lipinski definition) is 3. The molecule has 3 rings (SSSR count). The monoisotopic (exact) mass is 386 g/mol. The number of carbonyl (C=O) groups is 2. The van der Waals surface area contributed by atoms with Crippen LogP contribution in [0.4, 0.5) is 5.69 Å². The molecule has 0 saturated carbocycles. The molecule has 1 N–H and O–H groups in total. The molecule has 2 amide bonds. The van der Waals surface area contributed by atoms with Gasteiger partial charge in [-0.3, -0.25) is 9.59 Å². The van der Waals surface area contributed by atoms with Crippen molar-refractivity contribution in [3.8, 4) is 5.75 Å². The molecule has 0 bridgehead atoms. The normalized spacial score (nSPS) is 14.3. The zero-order valence-corrected chi connectivity index (χ0v) is 15.9. The van der Waals surface area contributed by atoms with Gasteiger partial charge in [-0.15, -0.1) is 0 Å². The van der Waals surface area contributed by atoms with Gasteiger partial charge in [0, 0.05) is 13.1 Å². The minimum absolute atomic E-state index is 0.0433. The molecule has 6 heteroatoms. The number of para-hydroxylation sites is 2. The van der Waals surface area contributed by atoms with Gasteiger partial charge in [0.25, 0.3) is 11.8 Å². The number of hydrogen-bond donors (Lipinski definition) is 1. The van der Waals surface area contributed by atoms with Gasteiger partial charge in [0.2, 0.25) is 0 Å². The molecule has 1 fully saturated rings. The average molecular weight is 387 g/mol. The van der Waals surface area contributed by atoms with E-state index in [-0.39, 0.29) is 18.4 Å². The molecule has 0 atom stereocenters. The Morgan fingerprint density at radius 1 is 0.963 bits per heavy atom. The SMILES string of the molecule is O=C(Nc1ccccc1Cl)c1ccccc1OCC(=O)N1CCCCCC1. The summed E-state index contributed by atoms with van der Waals surface area (Å²) in [4.78, 5) is 26.9. The first-order valence-electron chi connectivity index (χ1n) is 9.20. The van der Waals surface area contributed by atoms with Crippen LogP contribution in [0.15, 0.2) is 48.5 Å². The lowest BCUT2D eigenvalue weighted by molar-refractivity contribution is -0.133. The molecule has 0 unspecified atom stereocenters. The second-order valence-electron chi connectivity index (χ2n) is 6.51. The molecule has 27 heavy (non-hydrogen) atoms. The second-order valence-corrected chi connectivity index (χ2v) is 6.92. The topological polar surface area (TPSA) is 58.6 Å². The second kappa shape index (κ2) is 9.42.